The Morgan fingerprint density at radius 2 is 2.09 bits per heavy atom. The molecule has 1 fully saturated rings. The summed E-state index contributed by atoms with van der Waals surface area (Å²) in [5, 5.41) is 0. The summed E-state index contributed by atoms with van der Waals surface area (Å²) in [6, 6.07) is -0.0700. The molecular weight excluding hydrogens is 294 g/mol. The van der Waals surface area contributed by atoms with Crippen LogP contribution in [0.4, 0.5) is 4.79 Å². The molecule has 0 spiro atoms. The molecule has 1 rings (SSSR count). The van der Waals surface area contributed by atoms with E-state index >= 15 is 0 Å². The van der Waals surface area contributed by atoms with Crippen LogP contribution in [0, 0.1) is 5.92 Å². The zero-order valence-corrected chi connectivity index (χ0v) is 14.9. The molecule has 2 atom stereocenters. The van der Waals surface area contributed by atoms with Gasteiger partial charge >= 0.3 is 6.09 Å². The number of rotatable bonds is 9. The van der Waals surface area contributed by atoms with Gasteiger partial charge in [-0.25, -0.2) is 4.79 Å². The van der Waals surface area contributed by atoms with Gasteiger partial charge in [-0.15, -0.1) is 13.2 Å². The van der Waals surface area contributed by atoms with E-state index in [0.29, 0.717) is 32.2 Å². The summed E-state index contributed by atoms with van der Waals surface area (Å²) in [4.78, 5) is 14.2. The van der Waals surface area contributed by atoms with Crippen molar-refractivity contribution in [2.75, 3.05) is 19.8 Å². The van der Waals surface area contributed by atoms with Gasteiger partial charge in [-0.2, -0.15) is 0 Å². The Morgan fingerprint density at radius 3 is 2.65 bits per heavy atom. The summed E-state index contributed by atoms with van der Waals surface area (Å²) in [7, 11) is 0. The van der Waals surface area contributed by atoms with E-state index in [1.54, 1.807) is 11.0 Å². The van der Waals surface area contributed by atoms with Gasteiger partial charge in [0.05, 0.1) is 32.0 Å². The van der Waals surface area contributed by atoms with Gasteiger partial charge in [0.2, 0.25) is 0 Å². The Bertz CT molecular complexity index is 406. The summed E-state index contributed by atoms with van der Waals surface area (Å²) in [6.07, 6.45) is 4.61. The van der Waals surface area contributed by atoms with Crippen molar-refractivity contribution in [2.45, 2.75) is 58.4 Å². The van der Waals surface area contributed by atoms with E-state index in [1.165, 1.54) is 0 Å². The summed E-state index contributed by atoms with van der Waals surface area (Å²) >= 11 is 0. The minimum atomic E-state index is -0.671. The summed E-state index contributed by atoms with van der Waals surface area (Å²) < 4.78 is 17.0. The fourth-order valence-electron chi connectivity index (χ4n) is 2.66. The van der Waals surface area contributed by atoms with Gasteiger partial charge in [-0.3, -0.25) is 4.90 Å². The third kappa shape index (κ3) is 5.99. The minimum absolute atomic E-state index is 0.0200. The van der Waals surface area contributed by atoms with Crippen LogP contribution in [0.1, 0.15) is 40.5 Å². The number of ether oxygens (including phenoxy) is 3. The molecule has 5 heteroatoms. The maximum Gasteiger partial charge on any atom is 0.412 e. The number of hydrogen-bond donors (Lipinski definition) is 0. The fraction of sp³-hybridized carbons (Fsp3) is 0.722. The molecule has 0 radical (unpaired) electrons. The second-order valence-electron chi connectivity index (χ2n) is 6.76. The zero-order chi connectivity index (χ0) is 17.5. The summed E-state index contributed by atoms with van der Waals surface area (Å²) in [6.45, 7) is 16.6. The average molecular weight is 325 g/mol. The van der Waals surface area contributed by atoms with Crippen molar-refractivity contribution in [1.29, 1.82) is 0 Å². The molecule has 1 aliphatic rings. The normalized spacial score (nSPS) is 21.3. The summed E-state index contributed by atoms with van der Waals surface area (Å²) in [5.74, 6) is 0.300. The maximum absolute atomic E-state index is 12.5. The third-order valence-corrected chi connectivity index (χ3v) is 3.73. The first-order valence-electron chi connectivity index (χ1n) is 8.25. The first-order chi connectivity index (χ1) is 10.8. The minimum Gasteiger partial charge on any atom is -0.449 e. The Kier molecular flexibility index (Phi) is 7.79. The quantitative estimate of drug-likeness (QED) is 0.606. The molecule has 0 aromatic rings. The molecule has 0 bridgehead atoms. The number of hydrogen-bond acceptors (Lipinski definition) is 4. The molecule has 0 aliphatic carbocycles. The van der Waals surface area contributed by atoms with Crippen LogP contribution < -0.4 is 0 Å². The third-order valence-electron chi connectivity index (χ3n) is 3.73. The van der Waals surface area contributed by atoms with Crippen molar-refractivity contribution in [3.8, 4) is 0 Å². The van der Waals surface area contributed by atoms with Crippen LogP contribution in [0.3, 0.4) is 0 Å². The lowest BCUT2D eigenvalue weighted by molar-refractivity contribution is -0.0511. The van der Waals surface area contributed by atoms with Crippen LogP contribution in [0.5, 0.6) is 0 Å². The largest absolute Gasteiger partial charge is 0.449 e. The van der Waals surface area contributed by atoms with Gasteiger partial charge < -0.3 is 14.2 Å². The first-order valence-corrected chi connectivity index (χ1v) is 8.25. The molecule has 0 N–H and O–H groups in total. The predicted molar refractivity (Wildman–Crippen MR) is 91.2 cm³/mol. The molecule has 1 saturated heterocycles. The Labute approximate surface area is 140 Å². The first kappa shape index (κ1) is 19.7. The van der Waals surface area contributed by atoms with E-state index in [-0.39, 0.29) is 18.2 Å². The van der Waals surface area contributed by atoms with Crippen LogP contribution in [-0.4, -0.2) is 48.7 Å². The molecule has 0 saturated carbocycles. The second kappa shape index (κ2) is 9.08. The smallest absolute Gasteiger partial charge is 0.412 e. The highest BCUT2D eigenvalue weighted by molar-refractivity contribution is 5.69. The lowest BCUT2D eigenvalue weighted by Crippen LogP contribution is -2.49. The van der Waals surface area contributed by atoms with E-state index in [2.05, 4.69) is 13.2 Å². The SMILES string of the molecule is C=CCOC(CC=C)CC1COC(C)(C)N1C(=O)OCC(C)C. The standard InChI is InChI=1S/C18H31NO4/c1-7-9-16(21-10-8-2)11-15-13-23-18(5,6)19(15)17(20)22-12-14(3)4/h7-8,14-16H,1-2,9-13H2,3-6H3. The lowest BCUT2D eigenvalue weighted by atomic mass is 10.1. The molecule has 1 amide bonds. The fourth-order valence-corrected chi connectivity index (χ4v) is 2.66. The van der Waals surface area contributed by atoms with Crippen LogP contribution in [0.25, 0.3) is 0 Å². The van der Waals surface area contributed by atoms with Gasteiger partial charge in [0.25, 0.3) is 0 Å². The highest BCUT2D eigenvalue weighted by atomic mass is 16.6. The van der Waals surface area contributed by atoms with E-state index in [4.69, 9.17) is 14.2 Å². The molecule has 2 unspecified atom stereocenters. The van der Waals surface area contributed by atoms with E-state index in [0.717, 1.165) is 6.42 Å². The van der Waals surface area contributed by atoms with Gasteiger partial charge in [-0.05, 0) is 32.6 Å². The van der Waals surface area contributed by atoms with Crippen molar-refractivity contribution < 1.29 is 19.0 Å². The van der Waals surface area contributed by atoms with Gasteiger partial charge in [-0.1, -0.05) is 26.0 Å². The Morgan fingerprint density at radius 1 is 1.39 bits per heavy atom. The van der Waals surface area contributed by atoms with Gasteiger partial charge in [0, 0.05) is 0 Å². The van der Waals surface area contributed by atoms with E-state index in [9.17, 15) is 4.79 Å². The number of carbonyl (C=O) groups is 1. The van der Waals surface area contributed by atoms with Crippen LogP contribution in [-0.2, 0) is 14.2 Å². The van der Waals surface area contributed by atoms with Crippen LogP contribution in [0.15, 0.2) is 25.3 Å². The molecule has 0 aromatic heterocycles. The highest BCUT2D eigenvalue weighted by Crippen LogP contribution is 2.31. The highest BCUT2D eigenvalue weighted by Gasteiger charge is 2.45. The second-order valence-corrected chi connectivity index (χ2v) is 6.76. The van der Waals surface area contributed by atoms with E-state index < -0.39 is 5.72 Å². The zero-order valence-electron chi connectivity index (χ0n) is 14.9. The topological polar surface area (TPSA) is 48.0 Å². The van der Waals surface area contributed by atoms with Crippen LogP contribution in [0.2, 0.25) is 0 Å². The van der Waals surface area contributed by atoms with E-state index in [1.807, 2.05) is 33.8 Å². The van der Waals surface area contributed by atoms with Gasteiger partial charge in [0.15, 0.2) is 0 Å². The van der Waals surface area contributed by atoms with Crippen molar-refractivity contribution in [3.63, 3.8) is 0 Å². The molecule has 1 aliphatic heterocycles. The molecule has 132 valence electrons. The maximum atomic E-state index is 12.5. The number of carbonyl (C=O) groups excluding carboxylic acids is 1. The molecule has 23 heavy (non-hydrogen) atoms. The molecule has 5 nitrogen and oxygen atoms in total. The average Bonchev–Trinajstić information content (AvgIpc) is 2.77. The van der Waals surface area contributed by atoms with Crippen molar-refractivity contribution in [2.24, 2.45) is 5.92 Å². The summed E-state index contributed by atoms with van der Waals surface area (Å²) in [5.41, 5.74) is -0.671. The number of amides is 1. The van der Waals surface area contributed by atoms with Crippen LogP contribution >= 0.6 is 0 Å². The van der Waals surface area contributed by atoms with Gasteiger partial charge in [0.1, 0.15) is 5.72 Å². The molecule has 0 aromatic carbocycles. The molecular formula is C18H31NO4. The van der Waals surface area contributed by atoms with Crippen molar-refractivity contribution in [3.05, 3.63) is 25.3 Å². The Balaban J connectivity index is 2.75. The predicted octanol–water partition coefficient (Wildman–Crippen LogP) is 3.75. The lowest BCUT2D eigenvalue weighted by Gasteiger charge is -2.34. The van der Waals surface area contributed by atoms with Crippen molar-refractivity contribution in [1.82, 2.24) is 4.90 Å². The Hall–Kier alpha value is -1.33. The number of nitrogens with zero attached hydrogens (tertiary/aromatic N) is 1. The van der Waals surface area contributed by atoms with Crippen molar-refractivity contribution >= 4 is 6.09 Å². The molecule has 1 heterocycles. The monoisotopic (exact) mass is 325 g/mol.